The number of rotatable bonds is 3. The van der Waals surface area contributed by atoms with E-state index in [0.717, 1.165) is 37.0 Å². The predicted octanol–water partition coefficient (Wildman–Crippen LogP) is 4.59. The summed E-state index contributed by atoms with van der Waals surface area (Å²) in [4.78, 5) is 0. The standard InChI is InChI=1S/C17H22F2N2/c18-16(19)14-6-13(20)1-2-15(14)21-17-7-10-3-11(8-17)5-12(4-10)9-17/h1-2,6,10-12,16,21H,3-5,7-9,20H2. The number of halogens is 2. The third kappa shape index (κ3) is 2.29. The fourth-order valence-corrected chi connectivity index (χ4v) is 5.42. The average molecular weight is 292 g/mol. The molecule has 4 aliphatic carbocycles. The van der Waals surface area contributed by atoms with Crippen LogP contribution < -0.4 is 11.1 Å². The van der Waals surface area contributed by atoms with E-state index in [1.165, 1.54) is 25.3 Å². The van der Waals surface area contributed by atoms with Crippen LogP contribution in [0.5, 0.6) is 0 Å². The monoisotopic (exact) mass is 292 g/mol. The summed E-state index contributed by atoms with van der Waals surface area (Å²) in [6.07, 6.45) is 5.01. The molecule has 0 aliphatic heterocycles. The zero-order valence-corrected chi connectivity index (χ0v) is 12.1. The van der Waals surface area contributed by atoms with Gasteiger partial charge in [0.25, 0.3) is 6.43 Å². The molecule has 0 saturated heterocycles. The number of hydrogen-bond donors (Lipinski definition) is 2. The molecule has 4 fully saturated rings. The van der Waals surface area contributed by atoms with Crippen molar-refractivity contribution in [2.45, 2.75) is 50.5 Å². The SMILES string of the molecule is Nc1ccc(NC23CC4CC(CC(C4)C2)C3)c(C(F)F)c1. The van der Waals surface area contributed by atoms with Crippen molar-refractivity contribution >= 4 is 11.4 Å². The molecule has 114 valence electrons. The van der Waals surface area contributed by atoms with E-state index in [9.17, 15) is 8.78 Å². The Morgan fingerprint density at radius 2 is 1.62 bits per heavy atom. The van der Waals surface area contributed by atoms with Gasteiger partial charge >= 0.3 is 0 Å². The van der Waals surface area contributed by atoms with E-state index in [0.29, 0.717) is 11.4 Å². The second-order valence-electron chi connectivity index (χ2n) is 7.47. The molecule has 1 aromatic rings. The summed E-state index contributed by atoms with van der Waals surface area (Å²) in [5, 5.41) is 3.53. The van der Waals surface area contributed by atoms with E-state index in [2.05, 4.69) is 5.32 Å². The summed E-state index contributed by atoms with van der Waals surface area (Å²) < 4.78 is 26.5. The molecular weight excluding hydrogens is 270 g/mol. The lowest BCUT2D eigenvalue weighted by atomic mass is 9.53. The molecule has 5 rings (SSSR count). The van der Waals surface area contributed by atoms with Gasteiger partial charge in [0.15, 0.2) is 0 Å². The third-order valence-corrected chi connectivity index (χ3v) is 5.75. The van der Waals surface area contributed by atoms with Gasteiger partial charge in [-0.15, -0.1) is 0 Å². The van der Waals surface area contributed by atoms with Gasteiger partial charge in [0, 0.05) is 22.5 Å². The van der Waals surface area contributed by atoms with Gasteiger partial charge < -0.3 is 11.1 Å². The van der Waals surface area contributed by atoms with E-state index in [1.807, 2.05) is 0 Å². The molecule has 0 amide bonds. The molecule has 4 aliphatic rings. The van der Waals surface area contributed by atoms with Crippen molar-refractivity contribution < 1.29 is 8.78 Å². The van der Waals surface area contributed by atoms with E-state index in [-0.39, 0.29) is 11.1 Å². The van der Waals surface area contributed by atoms with Crippen LogP contribution in [0.25, 0.3) is 0 Å². The smallest absolute Gasteiger partial charge is 0.265 e. The van der Waals surface area contributed by atoms with Gasteiger partial charge in [-0.1, -0.05) is 0 Å². The van der Waals surface area contributed by atoms with Gasteiger partial charge in [-0.25, -0.2) is 8.78 Å². The van der Waals surface area contributed by atoms with Crippen LogP contribution in [0.4, 0.5) is 20.2 Å². The second-order valence-corrected chi connectivity index (χ2v) is 7.47. The minimum Gasteiger partial charge on any atom is -0.399 e. The Balaban J connectivity index is 1.64. The quantitative estimate of drug-likeness (QED) is 0.800. The summed E-state index contributed by atoms with van der Waals surface area (Å²) in [5.41, 5.74) is 6.75. The van der Waals surface area contributed by atoms with Gasteiger partial charge in [-0.2, -0.15) is 0 Å². The zero-order chi connectivity index (χ0) is 14.6. The number of hydrogen-bond acceptors (Lipinski definition) is 2. The highest BCUT2D eigenvalue weighted by Gasteiger charge is 2.51. The number of nitrogen functional groups attached to an aromatic ring is 1. The maximum absolute atomic E-state index is 13.3. The second kappa shape index (κ2) is 4.59. The molecule has 2 nitrogen and oxygen atoms in total. The Morgan fingerprint density at radius 1 is 1.05 bits per heavy atom. The maximum Gasteiger partial charge on any atom is 0.265 e. The van der Waals surface area contributed by atoms with Crippen LogP contribution in [0.1, 0.15) is 50.5 Å². The normalized spacial score (nSPS) is 37.2. The Hall–Kier alpha value is -1.32. The molecule has 0 heterocycles. The summed E-state index contributed by atoms with van der Waals surface area (Å²) in [6.45, 7) is 0. The van der Waals surface area contributed by atoms with Crippen molar-refractivity contribution in [2.75, 3.05) is 11.1 Å². The van der Waals surface area contributed by atoms with Gasteiger partial charge in [0.05, 0.1) is 0 Å². The molecule has 1 aromatic carbocycles. The molecule has 0 unspecified atom stereocenters. The van der Waals surface area contributed by atoms with Crippen molar-refractivity contribution in [3.05, 3.63) is 23.8 Å². The molecular formula is C17H22F2N2. The van der Waals surface area contributed by atoms with Crippen molar-refractivity contribution in [2.24, 2.45) is 17.8 Å². The Kier molecular flexibility index (Phi) is 2.92. The van der Waals surface area contributed by atoms with Crippen molar-refractivity contribution in [3.8, 4) is 0 Å². The molecule has 0 spiro atoms. The van der Waals surface area contributed by atoms with Crippen LogP contribution in [-0.2, 0) is 0 Å². The molecule has 0 aromatic heterocycles. The average Bonchev–Trinajstić information content (AvgIpc) is 2.38. The highest BCUT2D eigenvalue weighted by molar-refractivity contribution is 5.60. The van der Waals surface area contributed by atoms with Crippen LogP contribution in [-0.4, -0.2) is 5.54 Å². The minimum absolute atomic E-state index is 0.0470. The predicted molar refractivity (Wildman–Crippen MR) is 80.3 cm³/mol. The number of alkyl halides is 2. The number of nitrogens with two attached hydrogens (primary N) is 1. The third-order valence-electron chi connectivity index (χ3n) is 5.75. The van der Waals surface area contributed by atoms with Gasteiger partial charge in [0.1, 0.15) is 0 Å². The van der Waals surface area contributed by atoms with E-state index >= 15 is 0 Å². The first kappa shape index (κ1) is 13.4. The maximum atomic E-state index is 13.3. The topological polar surface area (TPSA) is 38.0 Å². The summed E-state index contributed by atoms with van der Waals surface area (Å²) >= 11 is 0. The van der Waals surface area contributed by atoms with E-state index in [1.54, 1.807) is 12.1 Å². The van der Waals surface area contributed by atoms with Gasteiger partial charge in [0.2, 0.25) is 0 Å². The molecule has 0 atom stereocenters. The fraction of sp³-hybridized carbons (Fsp3) is 0.647. The van der Waals surface area contributed by atoms with Crippen molar-refractivity contribution in [1.82, 2.24) is 0 Å². The first-order chi connectivity index (χ1) is 10.0. The van der Waals surface area contributed by atoms with E-state index < -0.39 is 6.43 Å². The molecule has 0 radical (unpaired) electrons. The lowest BCUT2D eigenvalue weighted by Crippen LogP contribution is -2.54. The van der Waals surface area contributed by atoms with Crippen LogP contribution in [0.15, 0.2) is 18.2 Å². The number of anilines is 2. The summed E-state index contributed by atoms with van der Waals surface area (Å²) in [7, 11) is 0. The molecule has 4 heteroatoms. The largest absolute Gasteiger partial charge is 0.399 e. The van der Waals surface area contributed by atoms with Gasteiger partial charge in [-0.05, 0) is 74.5 Å². The lowest BCUT2D eigenvalue weighted by molar-refractivity contribution is 0.0105. The number of benzene rings is 1. The van der Waals surface area contributed by atoms with E-state index in [4.69, 9.17) is 5.73 Å². The van der Waals surface area contributed by atoms with Crippen LogP contribution in [0.3, 0.4) is 0 Å². The highest BCUT2D eigenvalue weighted by Crippen LogP contribution is 2.56. The van der Waals surface area contributed by atoms with Crippen LogP contribution in [0, 0.1) is 17.8 Å². The van der Waals surface area contributed by atoms with Crippen LogP contribution in [0.2, 0.25) is 0 Å². The Labute approximate surface area is 124 Å². The molecule has 3 N–H and O–H groups in total. The minimum atomic E-state index is -2.48. The molecule has 21 heavy (non-hydrogen) atoms. The number of nitrogens with one attached hydrogen (secondary N) is 1. The first-order valence-electron chi connectivity index (χ1n) is 7.99. The van der Waals surface area contributed by atoms with Crippen LogP contribution >= 0.6 is 0 Å². The lowest BCUT2D eigenvalue weighted by Gasteiger charge is -2.57. The Morgan fingerprint density at radius 3 is 2.14 bits per heavy atom. The Bertz CT molecular complexity index is 520. The first-order valence-corrected chi connectivity index (χ1v) is 7.99. The van der Waals surface area contributed by atoms with Gasteiger partial charge in [-0.3, -0.25) is 0 Å². The van der Waals surface area contributed by atoms with Crippen molar-refractivity contribution in [3.63, 3.8) is 0 Å². The molecule has 4 saturated carbocycles. The fourth-order valence-electron chi connectivity index (χ4n) is 5.42. The van der Waals surface area contributed by atoms with Crippen molar-refractivity contribution in [1.29, 1.82) is 0 Å². The zero-order valence-electron chi connectivity index (χ0n) is 12.1. The summed E-state index contributed by atoms with van der Waals surface area (Å²) in [5.74, 6) is 2.40. The molecule has 4 bridgehead atoms. The highest BCUT2D eigenvalue weighted by atomic mass is 19.3. The summed E-state index contributed by atoms with van der Waals surface area (Å²) in [6, 6.07) is 4.86.